The molecular weight excluding hydrogens is 218 g/mol. The Bertz CT molecular complexity index is 425. The van der Waals surface area contributed by atoms with Crippen molar-refractivity contribution >= 4 is 0 Å². The summed E-state index contributed by atoms with van der Waals surface area (Å²) in [5.74, 6) is 1.43. The van der Waals surface area contributed by atoms with E-state index in [4.69, 9.17) is 19.5 Å². The number of fused-ring (bicyclic) bond motifs is 1. The van der Waals surface area contributed by atoms with Gasteiger partial charge in [-0.2, -0.15) is 5.26 Å². The summed E-state index contributed by atoms with van der Waals surface area (Å²) in [5, 5.41) is 9.02. The van der Waals surface area contributed by atoms with Crippen LogP contribution in [-0.4, -0.2) is 19.8 Å². The van der Waals surface area contributed by atoms with Crippen LogP contribution in [0.25, 0.3) is 0 Å². The summed E-state index contributed by atoms with van der Waals surface area (Å²) < 4.78 is 16.4. The van der Waals surface area contributed by atoms with Gasteiger partial charge in [-0.1, -0.05) is 6.07 Å². The summed E-state index contributed by atoms with van der Waals surface area (Å²) in [6.45, 7) is 3.68. The largest absolute Gasteiger partial charge is 0.490 e. The summed E-state index contributed by atoms with van der Waals surface area (Å²) in [4.78, 5) is 0. The van der Waals surface area contributed by atoms with Gasteiger partial charge in [-0.3, -0.25) is 0 Å². The molecule has 1 aliphatic heterocycles. The van der Waals surface area contributed by atoms with Gasteiger partial charge in [0.15, 0.2) is 17.6 Å². The number of benzene rings is 1. The van der Waals surface area contributed by atoms with E-state index in [-0.39, 0.29) is 0 Å². The van der Waals surface area contributed by atoms with E-state index in [0.717, 1.165) is 17.7 Å². The highest BCUT2D eigenvalue weighted by molar-refractivity contribution is 5.44. The normalized spacial score (nSPS) is 15.8. The molecule has 0 saturated heterocycles. The first kappa shape index (κ1) is 11.7. The lowest BCUT2D eigenvalue weighted by molar-refractivity contribution is 0.102. The smallest absolute Gasteiger partial charge is 0.169 e. The highest BCUT2D eigenvalue weighted by Crippen LogP contribution is 2.32. The zero-order valence-corrected chi connectivity index (χ0v) is 9.81. The maximum atomic E-state index is 9.02. The Hall–Kier alpha value is -1.73. The van der Waals surface area contributed by atoms with Crippen LogP contribution in [0.4, 0.5) is 0 Å². The molecule has 1 aliphatic rings. The number of hydrogen-bond acceptors (Lipinski definition) is 4. The molecule has 1 aromatic carbocycles. The van der Waals surface area contributed by atoms with Crippen LogP contribution in [0.15, 0.2) is 18.2 Å². The molecule has 1 aromatic rings. The van der Waals surface area contributed by atoms with Gasteiger partial charge in [0, 0.05) is 13.0 Å². The molecule has 0 aromatic heterocycles. The van der Waals surface area contributed by atoms with Gasteiger partial charge in [-0.05, 0) is 24.6 Å². The molecule has 0 amide bonds. The molecule has 4 heteroatoms. The molecule has 0 fully saturated rings. The lowest BCUT2D eigenvalue weighted by Gasteiger charge is -2.12. The van der Waals surface area contributed by atoms with E-state index in [1.54, 1.807) is 0 Å². The zero-order valence-electron chi connectivity index (χ0n) is 9.81. The first-order chi connectivity index (χ1) is 8.35. The van der Waals surface area contributed by atoms with Crippen molar-refractivity contribution in [1.29, 1.82) is 5.26 Å². The number of rotatable bonds is 3. The molecule has 17 heavy (non-hydrogen) atoms. The van der Waals surface area contributed by atoms with E-state index in [9.17, 15) is 0 Å². The summed E-state index contributed by atoms with van der Waals surface area (Å²) >= 11 is 0. The lowest BCUT2D eigenvalue weighted by atomic mass is 10.1. The van der Waals surface area contributed by atoms with Crippen LogP contribution in [0.2, 0.25) is 0 Å². The summed E-state index contributed by atoms with van der Waals surface area (Å²) in [6, 6.07) is 7.62. The van der Waals surface area contributed by atoms with Gasteiger partial charge in [0.2, 0.25) is 0 Å². The van der Waals surface area contributed by atoms with Crippen molar-refractivity contribution < 1.29 is 14.2 Å². The number of hydrogen-bond donors (Lipinski definition) is 0. The van der Waals surface area contributed by atoms with Crippen molar-refractivity contribution in [2.24, 2.45) is 0 Å². The number of nitriles is 1. The monoisotopic (exact) mass is 233 g/mol. The van der Waals surface area contributed by atoms with Crippen molar-refractivity contribution in [3.05, 3.63) is 23.8 Å². The van der Waals surface area contributed by atoms with Gasteiger partial charge in [0.25, 0.3) is 0 Å². The van der Waals surface area contributed by atoms with Gasteiger partial charge in [-0.15, -0.1) is 0 Å². The Morgan fingerprint density at radius 3 is 2.82 bits per heavy atom. The van der Waals surface area contributed by atoms with Crippen LogP contribution in [0.3, 0.4) is 0 Å². The molecule has 0 spiro atoms. The molecule has 0 aliphatic carbocycles. The number of nitrogens with zero attached hydrogens (tertiary/aromatic N) is 1. The molecular formula is C13H15NO3. The average molecular weight is 233 g/mol. The van der Waals surface area contributed by atoms with Gasteiger partial charge < -0.3 is 14.2 Å². The Morgan fingerprint density at radius 2 is 2.12 bits per heavy atom. The first-order valence-electron chi connectivity index (χ1n) is 5.76. The summed E-state index contributed by atoms with van der Waals surface area (Å²) in [6.07, 6.45) is 0.328. The van der Waals surface area contributed by atoms with Crippen molar-refractivity contribution in [3.8, 4) is 17.6 Å². The SMILES string of the molecule is CCOC(C#N)c1ccc2c(c1)OCCCO2. The fourth-order valence-electron chi connectivity index (χ4n) is 1.72. The van der Waals surface area contributed by atoms with Crippen molar-refractivity contribution in [2.45, 2.75) is 19.4 Å². The number of ether oxygens (including phenoxy) is 3. The minimum Gasteiger partial charge on any atom is -0.490 e. The lowest BCUT2D eigenvalue weighted by Crippen LogP contribution is -2.02. The Kier molecular flexibility index (Phi) is 3.84. The molecule has 1 heterocycles. The van der Waals surface area contributed by atoms with Crippen molar-refractivity contribution in [1.82, 2.24) is 0 Å². The maximum absolute atomic E-state index is 9.02. The van der Waals surface area contributed by atoms with Gasteiger partial charge >= 0.3 is 0 Å². The Labute approximate surface area is 101 Å². The van der Waals surface area contributed by atoms with Gasteiger partial charge in [0.1, 0.15) is 0 Å². The minimum absolute atomic E-state index is 0.507. The third-order valence-corrected chi connectivity index (χ3v) is 2.52. The first-order valence-corrected chi connectivity index (χ1v) is 5.76. The topological polar surface area (TPSA) is 51.5 Å². The predicted molar refractivity (Wildman–Crippen MR) is 62.0 cm³/mol. The predicted octanol–water partition coefficient (Wildman–Crippen LogP) is 2.45. The quantitative estimate of drug-likeness (QED) is 0.804. The van der Waals surface area contributed by atoms with Crippen LogP contribution in [0.1, 0.15) is 25.0 Å². The maximum Gasteiger partial charge on any atom is 0.169 e. The van der Waals surface area contributed by atoms with Crippen LogP contribution < -0.4 is 9.47 Å². The molecule has 0 bridgehead atoms. The van der Waals surface area contributed by atoms with E-state index in [1.165, 1.54) is 0 Å². The molecule has 4 nitrogen and oxygen atoms in total. The van der Waals surface area contributed by atoms with E-state index in [0.29, 0.717) is 25.6 Å². The van der Waals surface area contributed by atoms with Crippen LogP contribution in [0, 0.1) is 11.3 Å². The van der Waals surface area contributed by atoms with Crippen LogP contribution in [-0.2, 0) is 4.74 Å². The zero-order chi connectivity index (χ0) is 12.1. The van der Waals surface area contributed by atoms with Crippen LogP contribution in [0.5, 0.6) is 11.5 Å². The minimum atomic E-state index is -0.544. The van der Waals surface area contributed by atoms with E-state index < -0.39 is 6.10 Å². The highest BCUT2D eigenvalue weighted by atomic mass is 16.5. The van der Waals surface area contributed by atoms with E-state index >= 15 is 0 Å². The average Bonchev–Trinajstić information content (AvgIpc) is 2.60. The Morgan fingerprint density at radius 1 is 1.35 bits per heavy atom. The highest BCUT2D eigenvalue weighted by Gasteiger charge is 2.15. The summed E-state index contributed by atoms with van der Waals surface area (Å²) in [5.41, 5.74) is 0.804. The second kappa shape index (κ2) is 5.55. The third-order valence-electron chi connectivity index (χ3n) is 2.52. The van der Waals surface area contributed by atoms with E-state index in [1.807, 2.05) is 25.1 Å². The molecule has 0 N–H and O–H groups in total. The fraction of sp³-hybridized carbons (Fsp3) is 0.462. The second-order valence-corrected chi connectivity index (χ2v) is 3.72. The molecule has 2 rings (SSSR count). The van der Waals surface area contributed by atoms with Crippen LogP contribution >= 0.6 is 0 Å². The van der Waals surface area contributed by atoms with Gasteiger partial charge in [0.05, 0.1) is 19.3 Å². The van der Waals surface area contributed by atoms with E-state index in [2.05, 4.69) is 6.07 Å². The molecule has 1 unspecified atom stereocenters. The second-order valence-electron chi connectivity index (χ2n) is 3.72. The Balaban J connectivity index is 2.25. The molecule has 0 radical (unpaired) electrons. The molecule has 90 valence electrons. The summed E-state index contributed by atoms with van der Waals surface area (Å²) in [7, 11) is 0. The molecule has 1 atom stereocenters. The third kappa shape index (κ3) is 2.69. The van der Waals surface area contributed by atoms with Crippen molar-refractivity contribution in [3.63, 3.8) is 0 Å². The fourth-order valence-corrected chi connectivity index (χ4v) is 1.72. The molecule has 0 saturated carbocycles. The standard InChI is InChI=1S/C13H15NO3/c1-2-15-13(9-14)10-4-5-11-12(8-10)17-7-3-6-16-11/h4-5,8,13H,2-3,6-7H2,1H3. The van der Waals surface area contributed by atoms with Crippen molar-refractivity contribution in [2.75, 3.05) is 19.8 Å². The van der Waals surface area contributed by atoms with Gasteiger partial charge in [-0.25, -0.2) is 0 Å².